The number of amides is 1. The summed E-state index contributed by atoms with van der Waals surface area (Å²) >= 11 is 0. The second-order valence-corrected chi connectivity index (χ2v) is 5.01. The van der Waals surface area contributed by atoms with Crippen molar-refractivity contribution in [3.8, 4) is 0 Å². The normalized spacial score (nSPS) is 13.4. The number of nitrogens with one attached hydrogen (secondary N) is 1. The zero-order chi connectivity index (χ0) is 13.6. The minimum absolute atomic E-state index is 0.0715. The Morgan fingerprint density at radius 1 is 1.35 bits per heavy atom. The van der Waals surface area contributed by atoms with Crippen molar-refractivity contribution in [1.29, 1.82) is 0 Å². The molecule has 96 valence electrons. The molecule has 0 fully saturated rings. The summed E-state index contributed by atoms with van der Waals surface area (Å²) in [5.41, 5.74) is 0.578. The largest absolute Gasteiger partial charge is 0.467 e. The fourth-order valence-corrected chi connectivity index (χ4v) is 2.11. The number of allylic oxidation sites excluding steroid dienone is 1. The van der Waals surface area contributed by atoms with Crippen LogP contribution >= 0.6 is 0 Å². The van der Waals surface area contributed by atoms with Gasteiger partial charge < -0.3 is 10.1 Å². The van der Waals surface area contributed by atoms with E-state index in [4.69, 9.17) is 0 Å². The molecule has 0 aromatic heterocycles. The molecule has 0 radical (unpaired) electrons. The molecule has 0 aromatic carbocycles. The number of ether oxygens (including phenoxy) is 1. The quantitative estimate of drug-likeness (QED) is 0.557. The first-order valence-corrected chi connectivity index (χ1v) is 6.19. The Hall–Kier alpha value is -1.43. The van der Waals surface area contributed by atoms with Crippen LogP contribution in [0.25, 0.3) is 0 Å². The van der Waals surface area contributed by atoms with Gasteiger partial charge >= 0.3 is 5.97 Å². The number of esters is 1. The van der Waals surface area contributed by atoms with Gasteiger partial charge in [0.05, 0.1) is 23.7 Å². The van der Waals surface area contributed by atoms with E-state index in [1.165, 1.54) is 14.0 Å². The lowest BCUT2D eigenvalue weighted by Gasteiger charge is -2.15. The second kappa shape index (κ2) is 7.01. The van der Waals surface area contributed by atoms with E-state index < -0.39 is 28.7 Å². The van der Waals surface area contributed by atoms with Gasteiger partial charge in [0.25, 0.3) is 0 Å². The molecular formula is C11H17NO4S. The van der Waals surface area contributed by atoms with Crippen LogP contribution in [0.2, 0.25) is 0 Å². The van der Waals surface area contributed by atoms with Crippen LogP contribution in [-0.4, -0.2) is 35.0 Å². The first kappa shape index (κ1) is 15.6. The highest BCUT2D eigenvalue weighted by Crippen LogP contribution is 2.10. The summed E-state index contributed by atoms with van der Waals surface area (Å²) in [6, 6.07) is -0.936. The van der Waals surface area contributed by atoms with Gasteiger partial charge in [-0.05, 0) is 12.5 Å². The third kappa shape index (κ3) is 5.44. The van der Waals surface area contributed by atoms with Crippen LogP contribution in [0.15, 0.2) is 23.6 Å². The van der Waals surface area contributed by atoms with Gasteiger partial charge in [0, 0.05) is 11.8 Å². The SMILES string of the molecule is C=C(C)C(=C)[S@](=O)C[C@H](NC(C)=O)C(=O)OC. The average molecular weight is 259 g/mol. The molecule has 0 heterocycles. The van der Waals surface area contributed by atoms with Crippen LogP contribution < -0.4 is 5.32 Å². The molecule has 2 atom stereocenters. The van der Waals surface area contributed by atoms with Gasteiger partial charge in [-0.2, -0.15) is 0 Å². The maximum atomic E-state index is 11.8. The highest BCUT2D eigenvalue weighted by Gasteiger charge is 2.23. The Morgan fingerprint density at radius 3 is 2.24 bits per heavy atom. The number of carbonyl (C=O) groups is 2. The van der Waals surface area contributed by atoms with Gasteiger partial charge in [0.1, 0.15) is 6.04 Å². The van der Waals surface area contributed by atoms with Crippen molar-refractivity contribution in [2.24, 2.45) is 0 Å². The fraction of sp³-hybridized carbons (Fsp3) is 0.455. The molecule has 0 saturated heterocycles. The first-order chi connectivity index (χ1) is 7.79. The lowest BCUT2D eigenvalue weighted by Crippen LogP contribution is -2.44. The van der Waals surface area contributed by atoms with Gasteiger partial charge in [-0.3, -0.25) is 9.00 Å². The van der Waals surface area contributed by atoms with Gasteiger partial charge in [-0.25, -0.2) is 4.79 Å². The van der Waals surface area contributed by atoms with Crippen molar-refractivity contribution >= 4 is 22.7 Å². The van der Waals surface area contributed by atoms with E-state index in [-0.39, 0.29) is 5.75 Å². The summed E-state index contributed by atoms with van der Waals surface area (Å²) in [4.78, 5) is 22.6. The fourth-order valence-electron chi connectivity index (χ4n) is 1.00. The molecule has 0 aliphatic heterocycles. The summed E-state index contributed by atoms with van der Waals surface area (Å²) in [6.07, 6.45) is 0. The highest BCUT2D eigenvalue weighted by molar-refractivity contribution is 7.89. The van der Waals surface area contributed by atoms with Crippen LogP contribution in [0, 0.1) is 0 Å². The number of hydrogen-bond acceptors (Lipinski definition) is 4. The van der Waals surface area contributed by atoms with Crippen LogP contribution in [0.5, 0.6) is 0 Å². The Balaban J connectivity index is 4.69. The maximum Gasteiger partial charge on any atom is 0.329 e. The zero-order valence-electron chi connectivity index (χ0n) is 10.2. The van der Waals surface area contributed by atoms with Gasteiger partial charge in [-0.15, -0.1) is 0 Å². The monoisotopic (exact) mass is 259 g/mol. The molecule has 1 N–H and O–H groups in total. The minimum atomic E-state index is -1.47. The molecule has 17 heavy (non-hydrogen) atoms. The van der Waals surface area contributed by atoms with E-state index in [2.05, 4.69) is 23.2 Å². The topological polar surface area (TPSA) is 72.5 Å². The number of hydrogen-bond donors (Lipinski definition) is 1. The van der Waals surface area contributed by atoms with E-state index in [0.717, 1.165) is 0 Å². The molecule has 6 heteroatoms. The molecular weight excluding hydrogens is 242 g/mol. The third-order valence-corrected chi connectivity index (χ3v) is 3.47. The molecule has 0 spiro atoms. The lowest BCUT2D eigenvalue weighted by atomic mass is 10.3. The summed E-state index contributed by atoms with van der Waals surface area (Å²) in [6.45, 7) is 10.2. The van der Waals surface area contributed by atoms with E-state index in [9.17, 15) is 13.8 Å². The van der Waals surface area contributed by atoms with Crippen LogP contribution in [-0.2, 0) is 25.1 Å². The third-order valence-electron chi connectivity index (χ3n) is 1.93. The smallest absolute Gasteiger partial charge is 0.329 e. The van der Waals surface area contributed by atoms with Crippen molar-refractivity contribution in [1.82, 2.24) is 5.32 Å². The van der Waals surface area contributed by atoms with Crippen LogP contribution in [0.4, 0.5) is 0 Å². The van der Waals surface area contributed by atoms with E-state index in [1.54, 1.807) is 6.92 Å². The average Bonchev–Trinajstić information content (AvgIpc) is 2.24. The molecule has 0 aromatic rings. The van der Waals surface area contributed by atoms with Gasteiger partial charge in [0.2, 0.25) is 5.91 Å². The van der Waals surface area contributed by atoms with Crippen molar-refractivity contribution in [3.05, 3.63) is 23.6 Å². The second-order valence-electron chi connectivity index (χ2n) is 3.49. The van der Waals surface area contributed by atoms with Crippen molar-refractivity contribution < 1.29 is 18.5 Å². The standard InChI is InChI=1S/C11H17NO4S/c1-7(2)8(3)17(15)6-10(11(14)16-5)12-9(4)13/h10H,1,3,6H2,2,4-5H3,(H,12,13)/t10-,17+/m0/s1. The van der Waals surface area contributed by atoms with Crippen molar-refractivity contribution in [2.45, 2.75) is 19.9 Å². The Morgan fingerprint density at radius 2 is 1.88 bits per heavy atom. The predicted molar refractivity (Wildman–Crippen MR) is 66.6 cm³/mol. The Kier molecular flexibility index (Phi) is 6.42. The van der Waals surface area contributed by atoms with E-state index in [1.807, 2.05) is 0 Å². The summed E-state index contributed by atoms with van der Waals surface area (Å²) < 4.78 is 16.3. The highest BCUT2D eigenvalue weighted by atomic mass is 32.2. The van der Waals surface area contributed by atoms with Crippen LogP contribution in [0.3, 0.4) is 0 Å². The zero-order valence-corrected chi connectivity index (χ0v) is 11.1. The van der Waals surface area contributed by atoms with Crippen molar-refractivity contribution in [2.75, 3.05) is 12.9 Å². The maximum absolute atomic E-state index is 11.8. The summed E-state index contributed by atoms with van der Waals surface area (Å²) in [5.74, 6) is -1.10. The first-order valence-electron chi connectivity index (χ1n) is 4.87. The van der Waals surface area contributed by atoms with Gasteiger partial charge in [-0.1, -0.05) is 13.2 Å². The van der Waals surface area contributed by atoms with Crippen molar-refractivity contribution in [3.63, 3.8) is 0 Å². The number of carbonyl (C=O) groups excluding carboxylic acids is 2. The minimum Gasteiger partial charge on any atom is -0.467 e. The molecule has 0 unspecified atom stereocenters. The molecule has 1 amide bonds. The Bertz CT molecular complexity index is 376. The van der Waals surface area contributed by atoms with E-state index >= 15 is 0 Å². The molecule has 0 bridgehead atoms. The Labute approximate surface area is 103 Å². The summed E-state index contributed by atoms with van der Waals surface area (Å²) in [7, 11) is -0.271. The molecule has 0 saturated carbocycles. The lowest BCUT2D eigenvalue weighted by molar-refractivity contribution is -0.144. The number of rotatable bonds is 6. The molecule has 5 nitrogen and oxygen atoms in total. The molecule has 0 aliphatic rings. The predicted octanol–water partition coefficient (Wildman–Crippen LogP) is 0.503. The summed E-state index contributed by atoms with van der Waals surface area (Å²) in [5, 5.41) is 2.38. The van der Waals surface area contributed by atoms with Gasteiger partial charge in [0.15, 0.2) is 0 Å². The number of methoxy groups -OCH3 is 1. The van der Waals surface area contributed by atoms with Crippen LogP contribution in [0.1, 0.15) is 13.8 Å². The molecule has 0 aliphatic carbocycles. The van der Waals surface area contributed by atoms with E-state index in [0.29, 0.717) is 10.5 Å². The molecule has 0 rings (SSSR count).